The topological polar surface area (TPSA) is 82.7 Å². The highest BCUT2D eigenvalue weighted by Gasteiger charge is 2.26. The third kappa shape index (κ3) is 5.57. The molecule has 2 rings (SSSR count). The van der Waals surface area contributed by atoms with Crippen molar-refractivity contribution in [2.24, 2.45) is 4.99 Å². The molecule has 0 fully saturated rings. The van der Waals surface area contributed by atoms with Crippen molar-refractivity contribution < 1.29 is 9.52 Å². The first kappa shape index (κ1) is 19.5. The van der Waals surface area contributed by atoms with Gasteiger partial charge in [-0.05, 0) is 39.3 Å². The first-order valence-corrected chi connectivity index (χ1v) is 9.51. The Balaban J connectivity index is 1.91. The zero-order valence-electron chi connectivity index (χ0n) is 15.4. The summed E-state index contributed by atoms with van der Waals surface area (Å²) in [7, 11) is 0. The van der Waals surface area contributed by atoms with Gasteiger partial charge < -0.3 is 20.2 Å². The van der Waals surface area contributed by atoms with Crippen molar-refractivity contribution in [1.82, 2.24) is 15.6 Å². The lowest BCUT2D eigenvalue weighted by molar-refractivity contribution is 0.0437. The molecular formula is C18H28N4O2S. The van der Waals surface area contributed by atoms with Gasteiger partial charge in [-0.3, -0.25) is 0 Å². The molecule has 7 heteroatoms. The maximum Gasteiger partial charge on any atom is 0.191 e. The number of aromatic nitrogens is 1. The molecule has 0 saturated carbocycles. The molecule has 0 spiro atoms. The van der Waals surface area contributed by atoms with Crippen LogP contribution in [0.2, 0.25) is 0 Å². The summed E-state index contributed by atoms with van der Waals surface area (Å²) in [6, 6.07) is 3.52. The summed E-state index contributed by atoms with van der Waals surface area (Å²) in [5, 5.41) is 18.1. The van der Waals surface area contributed by atoms with Crippen molar-refractivity contribution in [1.29, 1.82) is 0 Å². The standard InChI is InChI=1S/C18H28N4O2S/c1-5-14-13(3)25-16(22-14)9-10-20-17(19-6-2)21-12-18(4,23)15-8-7-11-24-15/h7-8,11,23H,5-6,9-10,12H2,1-4H3,(H2,19,20,21). The molecule has 3 N–H and O–H groups in total. The number of nitrogens with one attached hydrogen (secondary N) is 2. The number of guanidine groups is 1. The molecule has 0 aliphatic carbocycles. The minimum atomic E-state index is -1.13. The maximum atomic E-state index is 10.5. The van der Waals surface area contributed by atoms with E-state index in [1.807, 2.05) is 6.92 Å². The average Bonchev–Trinajstić information content (AvgIpc) is 3.22. The van der Waals surface area contributed by atoms with Crippen molar-refractivity contribution in [2.75, 3.05) is 19.6 Å². The predicted molar refractivity (Wildman–Crippen MR) is 102 cm³/mol. The minimum Gasteiger partial charge on any atom is -0.466 e. The summed E-state index contributed by atoms with van der Waals surface area (Å²) in [6.45, 7) is 9.67. The summed E-state index contributed by atoms with van der Waals surface area (Å²) >= 11 is 1.76. The molecule has 25 heavy (non-hydrogen) atoms. The van der Waals surface area contributed by atoms with Gasteiger partial charge in [0.15, 0.2) is 5.96 Å². The summed E-state index contributed by atoms with van der Waals surface area (Å²) in [5.74, 6) is 1.19. The molecule has 0 aromatic carbocycles. The Hall–Kier alpha value is -1.86. The highest BCUT2D eigenvalue weighted by Crippen LogP contribution is 2.21. The van der Waals surface area contributed by atoms with Gasteiger partial charge in [0.25, 0.3) is 0 Å². The van der Waals surface area contributed by atoms with Crippen LogP contribution in [0.4, 0.5) is 0 Å². The van der Waals surface area contributed by atoms with Crippen LogP contribution in [-0.2, 0) is 18.4 Å². The molecule has 0 aliphatic rings. The number of furan rings is 1. The number of thiazole rings is 1. The number of aryl methyl sites for hydroxylation is 2. The molecule has 0 amide bonds. The van der Waals surface area contributed by atoms with Gasteiger partial charge >= 0.3 is 0 Å². The fraction of sp³-hybridized carbons (Fsp3) is 0.556. The van der Waals surface area contributed by atoms with Gasteiger partial charge in [-0.15, -0.1) is 11.3 Å². The zero-order valence-corrected chi connectivity index (χ0v) is 16.2. The molecule has 0 radical (unpaired) electrons. The normalized spacial score (nSPS) is 14.4. The molecule has 1 atom stereocenters. The summed E-state index contributed by atoms with van der Waals surface area (Å²) in [5.41, 5.74) is 0.0592. The zero-order chi connectivity index (χ0) is 18.3. The first-order chi connectivity index (χ1) is 12.0. The van der Waals surface area contributed by atoms with E-state index in [9.17, 15) is 5.11 Å². The number of aliphatic hydroxyl groups is 1. The lowest BCUT2D eigenvalue weighted by Gasteiger charge is -2.19. The minimum absolute atomic E-state index is 0.214. The Morgan fingerprint density at radius 3 is 2.80 bits per heavy atom. The van der Waals surface area contributed by atoms with E-state index < -0.39 is 5.60 Å². The van der Waals surface area contributed by atoms with Crippen LogP contribution in [0.1, 0.15) is 42.1 Å². The second-order valence-electron chi connectivity index (χ2n) is 6.09. The van der Waals surface area contributed by atoms with Crippen LogP contribution in [0.5, 0.6) is 0 Å². The predicted octanol–water partition coefficient (Wildman–Crippen LogP) is 2.61. The molecule has 2 aromatic rings. The second-order valence-corrected chi connectivity index (χ2v) is 7.37. The monoisotopic (exact) mass is 364 g/mol. The number of nitrogens with zero attached hydrogens (tertiary/aromatic N) is 2. The Labute approximate surface area is 153 Å². The van der Waals surface area contributed by atoms with Crippen LogP contribution in [0, 0.1) is 6.92 Å². The lowest BCUT2D eigenvalue weighted by Crippen LogP contribution is -2.39. The third-order valence-corrected chi connectivity index (χ3v) is 4.92. The fourth-order valence-electron chi connectivity index (χ4n) is 2.45. The van der Waals surface area contributed by atoms with Crippen LogP contribution in [0.15, 0.2) is 27.8 Å². The quantitative estimate of drug-likeness (QED) is 0.495. The van der Waals surface area contributed by atoms with Crippen LogP contribution >= 0.6 is 11.3 Å². The fourth-order valence-corrected chi connectivity index (χ4v) is 3.47. The van der Waals surface area contributed by atoms with Crippen molar-refractivity contribution in [3.8, 4) is 0 Å². The second kappa shape index (κ2) is 9.01. The molecule has 2 heterocycles. The summed E-state index contributed by atoms with van der Waals surface area (Å²) in [4.78, 5) is 10.4. The van der Waals surface area contributed by atoms with Crippen LogP contribution in [0.3, 0.4) is 0 Å². The van der Waals surface area contributed by atoms with E-state index >= 15 is 0 Å². The van der Waals surface area contributed by atoms with E-state index in [2.05, 4.69) is 34.5 Å². The van der Waals surface area contributed by atoms with E-state index in [0.717, 1.165) is 30.9 Å². The third-order valence-electron chi connectivity index (χ3n) is 3.84. The van der Waals surface area contributed by atoms with E-state index in [4.69, 9.17) is 4.42 Å². The number of hydrogen-bond donors (Lipinski definition) is 3. The van der Waals surface area contributed by atoms with Gasteiger partial charge in [0.05, 0.1) is 23.5 Å². The molecule has 0 aliphatic heterocycles. The van der Waals surface area contributed by atoms with E-state index in [0.29, 0.717) is 11.7 Å². The highest BCUT2D eigenvalue weighted by atomic mass is 32.1. The van der Waals surface area contributed by atoms with Crippen molar-refractivity contribution in [2.45, 2.75) is 46.1 Å². The van der Waals surface area contributed by atoms with E-state index in [1.165, 1.54) is 10.6 Å². The lowest BCUT2D eigenvalue weighted by atomic mass is 10.0. The smallest absolute Gasteiger partial charge is 0.191 e. The van der Waals surface area contributed by atoms with Crippen molar-refractivity contribution in [3.05, 3.63) is 39.7 Å². The van der Waals surface area contributed by atoms with Crippen molar-refractivity contribution >= 4 is 17.3 Å². The van der Waals surface area contributed by atoms with Crippen LogP contribution < -0.4 is 10.6 Å². The number of aliphatic imine (C=N–C) groups is 1. The number of hydrogen-bond acceptors (Lipinski definition) is 5. The molecule has 138 valence electrons. The average molecular weight is 365 g/mol. The van der Waals surface area contributed by atoms with Gasteiger partial charge in [0.2, 0.25) is 0 Å². The summed E-state index contributed by atoms with van der Waals surface area (Å²) in [6.07, 6.45) is 3.38. The number of rotatable bonds is 8. The maximum absolute atomic E-state index is 10.5. The first-order valence-electron chi connectivity index (χ1n) is 8.70. The van der Waals surface area contributed by atoms with Crippen molar-refractivity contribution in [3.63, 3.8) is 0 Å². The van der Waals surface area contributed by atoms with Gasteiger partial charge in [0.1, 0.15) is 11.4 Å². The molecule has 6 nitrogen and oxygen atoms in total. The molecule has 1 unspecified atom stereocenters. The summed E-state index contributed by atoms with van der Waals surface area (Å²) < 4.78 is 5.29. The molecule has 0 saturated heterocycles. The Kier molecular flexibility index (Phi) is 7.01. The highest BCUT2D eigenvalue weighted by molar-refractivity contribution is 7.11. The van der Waals surface area contributed by atoms with Gasteiger partial charge in [-0.2, -0.15) is 0 Å². The van der Waals surface area contributed by atoms with E-state index in [1.54, 1.807) is 36.7 Å². The SMILES string of the molecule is CCNC(=NCC(C)(O)c1ccco1)NCCc1nc(CC)c(C)s1. The Morgan fingerprint density at radius 1 is 1.40 bits per heavy atom. The van der Waals surface area contributed by atoms with Gasteiger partial charge in [-0.1, -0.05) is 6.92 Å². The Bertz CT molecular complexity index is 677. The largest absolute Gasteiger partial charge is 0.466 e. The van der Waals surface area contributed by atoms with Crippen LogP contribution in [-0.4, -0.2) is 35.7 Å². The molecule has 2 aromatic heterocycles. The molecular weight excluding hydrogens is 336 g/mol. The van der Waals surface area contributed by atoms with E-state index in [-0.39, 0.29) is 6.54 Å². The Morgan fingerprint density at radius 2 is 2.20 bits per heavy atom. The van der Waals surface area contributed by atoms with Gasteiger partial charge in [-0.25, -0.2) is 9.98 Å². The van der Waals surface area contributed by atoms with Gasteiger partial charge in [0, 0.05) is 24.4 Å². The molecule has 0 bridgehead atoms. The van der Waals surface area contributed by atoms with Crippen LogP contribution in [0.25, 0.3) is 0 Å².